The summed E-state index contributed by atoms with van der Waals surface area (Å²) >= 11 is 0. The monoisotopic (exact) mass is 275 g/mol. The van der Waals surface area contributed by atoms with Crippen molar-refractivity contribution in [2.24, 2.45) is 0 Å². The second-order valence-corrected chi connectivity index (χ2v) is 4.85. The number of hydrogen-bond acceptors (Lipinski definition) is 6. The van der Waals surface area contributed by atoms with Crippen molar-refractivity contribution >= 4 is 11.5 Å². The van der Waals surface area contributed by atoms with Crippen molar-refractivity contribution in [3.05, 3.63) is 27.9 Å². The zero-order chi connectivity index (χ0) is 14.5. The Morgan fingerprint density at radius 1 is 1.55 bits per heavy atom. The molecular formula is C13H17N5O2. The van der Waals surface area contributed by atoms with Gasteiger partial charge < -0.3 is 10.2 Å². The summed E-state index contributed by atoms with van der Waals surface area (Å²) in [6.07, 6.45) is 4.35. The van der Waals surface area contributed by atoms with Gasteiger partial charge in [0, 0.05) is 19.3 Å². The standard InChI is InChI=1S/C13H17N5O2/c1-17(11-3-2-6-15-7-5-11)13-12(18(19)20)10(9-14)4-8-16-13/h4,8,11,15H,2-3,5-7H2,1H3. The Bertz CT molecular complexity index is 532. The third kappa shape index (κ3) is 2.86. The number of nitro groups is 1. The summed E-state index contributed by atoms with van der Waals surface area (Å²) in [5, 5.41) is 23.6. The van der Waals surface area contributed by atoms with Gasteiger partial charge in [0.2, 0.25) is 5.82 Å². The third-order valence-electron chi connectivity index (χ3n) is 3.64. The van der Waals surface area contributed by atoms with E-state index in [-0.39, 0.29) is 23.1 Å². The summed E-state index contributed by atoms with van der Waals surface area (Å²) in [5.41, 5.74) is -0.145. The summed E-state index contributed by atoms with van der Waals surface area (Å²) in [7, 11) is 1.81. The Kier molecular flexibility index (Phi) is 4.48. The van der Waals surface area contributed by atoms with E-state index >= 15 is 0 Å². The van der Waals surface area contributed by atoms with Gasteiger partial charge in [-0.25, -0.2) is 4.98 Å². The van der Waals surface area contributed by atoms with Crippen LogP contribution in [0.4, 0.5) is 11.5 Å². The maximum atomic E-state index is 11.2. The normalized spacial score (nSPS) is 18.9. The van der Waals surface area contributed by atoms with E-state index in [1.807, 2.05) is 18.0 Å². The summed E-state index contributed by atoms with van der Waals surface area (Å²) in [4.78, 5) is 16.7. The highest BCUT2D eigenvalue weighted by Gasteiger charge is 2.27. The van der Waals surface area contributed by atoms with Crippen molar-refractivity contribution in [1.82, 2.24) is 10.3 Å². The number of nitriles is 1. The van der Waals surface area contributed by atoms with E-state index in [0.717, 1.165) is 32.4 Å². The molecule has 1 N–H and O–H groups in total. The average Bonchev–Trinajstić information content (AvgIpc) is 2.74. The molecule has 0 aromatic carbocycles. The molecule has 1 unspecified atom stereocenters. The zero-order valence-corrected chi connectivity index (χ0v) is 11.4. The summed E-state index contributed by atoms with van der Waals surface area (Å²) in [6.45, 7) is 1.86. The van der Waals surface area contributed by atoms with Crippen molar-refractivity contribution in [2.75, 3.05) is 25.0 Å². The number of aromatic nitrogens is 1. The predicted octanol–water partition coefficient (Wildman–Crippen LogP) is 1.44. The molecule has 2 rings (SSSR count). The highest BCUT2D eigenvalue weighted by atomic mass is 16.6. The number of rotatable bonds is 3. The SMILES string of the molecule is CN(c1nccc(C#N)c1[N+](=O)[O-])C1CCCNCC1. The van der Waals surface area contributed by atoms with Crippen LogP contribution in [0.1, 0.15) is 24.8 Å². The van der Waals surface area contributed by atoms with Gasteiger partial charge in [-0.3, -0.25) is 10.1 Å². The molecule has 20 heavy (non-hydrogen) atoms. The van der Waals surface area contributed by atoms with E-state index in [1.54, 1.807) is 0 Å². The van der Waals surface area contributed by atoms with Gasteiger partial charge in [-0.2, -0.15) is 5.26 Å². The lowest BCUT2D eigenvalue weighted by molar-refractivity contribution is -0.384. The number of hydrogen-bond donors (Lipinski definition) is 1. The fourth-order valence-electron chi connectivity index (χ4n) is 2.53. The topological polar surface area (TPSA) is 95.1 Å². The molecular weight excluding hydrogens is 258 g/mol. The van der Waals surface area contributed by atoms with Gasteiger partial charge in [-0.05, 0) is 38.4 Å². The molecule has 0 saturated carbocycles. The molecule has 1 aromatic rings. The second-order valence-electron chi connectivity index (χ2n) is 4.85. The van der Waals surface area contributed by atoms with Crippen molar-refractivity contribution in [1.29, 1.82) is 5.26 Å². The Morgan fingerprint density at radius 2 is 2.35 bits per heavy atom. The van der Waals surface area contributed by atoms with Gasteiger partial charge >= 0.3 is 5.69 Å². The Labute approximate surface area is 117 Å². The van der Waals surface area contributed by atoms with Crippen molar-refractivity contribution in [3.8, 4) is 6.07 Å². The smallest absolute Gasteiger partial charge is 0.329 e. The minimum absolute atomic E-state index is 0.0543. The molecule has 0 radical (unpaired) electrons. The van der Waals surface area contributed by atoms with E-state index in [4.69, 9.17) is 5.26 Å². The molecule has 2 heterocycles. The van der Waals surface area contributed by atoms with E-state index in [9.17, 15) is 10.1 Å². The number of nitrogens with zero attached hydrogens (tertiary/aromatic N) is 4. The predicted molar refractivity (Wildman–Crippen MR) is 74.5 cm³/mol. The Balaban J connectivity index is 2.36. The van der Waals surface area contributed by atoms with Gasteiger partial charge in [0.25, 0.3) is 0 Å². The first kappa shape index (κ1) is 14.2. The van der Waals surface area contributed by atoms with Gasteiger partial charge in [0.1, 0.15) is 11.6 Å². The number of nitrogens with one attached hydrogen (secondary N) is 1. The molecule has 0 bridgehead atoms. The van der Waals surface area contributed by atoms with Crippen LogP contribution in [0.3, 0.4) is 0 Å². The van der Waals surface area contributed by atoms with Gasteiger partial charge in [0.15, 0.2) is 0 Å². The molecule has 1 aliphatic rings. The third-order valence-corrected chi connectivity index (χ3v) is 3.64. The van der Waals surface area contributed by atoms with Gasteiger partial charge in [-0.1, -0.05) is 0 Å². The molecule has 1 saturated heterocycles. The van der Waals surface area contributed by atoms with E-state index in [1.165, 1.54) is 12.3 Å². The zero-order valence-electron chi connectivity index (χ0n) is 11.4. The maximum absolute atomic E-state index is 11.2. The van der Waals surface area contributed by atoms with Crippen LogP contribution >= 0.6 is 0 Å². The highest BCUT2D eigenvalue weighted by molar-refractivity contribution is 5.65. The van der Waals surface area contributed by atoms with Gasteiger partial charge in [-0.15, -0.1) is 0 Å². The van der Waals surface area contributed by atoms with Crippen LogP contribution in [0.2, 0.25) is 0 Å². The lowest BCUT2D eigenvalue weighted by Crippen LogP contribution is -2.33. The number of pyridine rings is 1. The van der Waals surface area contributed by atoms with Crippen LogP contribution in [0.5, 0.6) is 0 Å². The Hall–Kier alpha value is -2.20. The molecule has 7 heteroatoms. The first-order valence-corrected chi connectivity index (χ1v) is 6.62. The van der Waals surface area contributed by atoms with Crippen LogP contribution in [0.25, 0.3) is 0 Å². The van der Waals surface area contributed by atoms with E-state index in [0.29, 0.717) is 0 Å². The van der Waals surface area contributed by atoms with Crippen molar-refractivity contribution < 1.29 is 4.92 Å². The quantitative estimate of drug-likeness (QED) is 0.662. The average molecular weight is 275 g/mol. The molecule has 0 spiro atoms. The largest absolute Gasteiger partial charge is 0.351 e. The van der Waals surface area contributed by atoms with Crippen LogP contribution < -0.4 is 10.2 Å². The first-order chi connectivity index (χ1) is 9.65. The van der Waals surface area contributed by atoms with Crippen LogP contribution in [-0.4, -0.2) is 36.1 Å². The minimum atomic E-state index is -0.521. The summed E-state index contributed by atoms with van der Waals surface area (Å²) < 4.78 is 0. The molecule has 0 amide bonds. The summed E-state index contributed by atoms with van der Waals surface area (Å²) in [5.74, 6) is 0.279. The molecule has 106 valence electrons. The lowest BCUT2D eigenvalue weighted by Gasteiger charge is -2.27. The van der Waals surface area contributed by atoms with Crippen molar-refractivity contribution in [2.45, 2.75) is 25.3 Å². The molecule has 1 fully saturated rings. The minimum Gasteiger partial charge on any atom is -0.351 e. The first-order valence-electron chi connectivity index (χ1n) is 6.62. The van der Waals surface area contributed by atoms with Gasteiger partial charge in [0.05, 0.1) is 4.92 Å². The van der Waals surface area contributed by atoms with Crippen LogP contribution in [0.15, 0.2) is 12.3 Å². The van der Waals surface area contributed by atoms with Crippen LogP contribution in [0, 0.1) is 21.4 Å². The highest BCUT2D eigenvalue weighted by Crippen LogP contribution is 2.30. The lowest BCUT2D eigenvalue weighted by atomic mass is 10.1. The fourth-order valence-corrected chi connectivity index (χ4v) is 2.53. The Morgan fingerprint density at radius 3 is 3.05 bits per heavy atom. The second kappa shape index (κ2) is 6.30. The van der Waals surface area contributed by atoms with E-state index in [2.05, 4.69) is 10.3 Å². The van der Waals surface area contributed by atoms with Crippen LogP contribution in [-0.2, 0) is 0 Å². The number of anilines is 1. The molecule has 1 aromatic heterocycles. The molecule has 0 aliphatic carbocycles. The van der Waals surface area contributed by atoms with E-state index < -0.39 is 4.92 Å². The molecule has 7 nitrogen and oxygen atoms in total. The van der Waals surface area contributed by atoms with Crippen molar-refractivity contribution in [3.63, 3.8) is 0 Å². The fraction of sp³-hybridized carbons (Fsp3) is 0.538. The maximum Gasteiger partial charge on any atom is 0.329 e. The molecule has 1 atom stereocenters. The molecule has 1 aliphatic heterocycles. The summed E-state index contributed by atoms with van der Waals surface area (Å²) in [6, 6.07) is 3.45.